The van der Waals surface area contributed by atoms with Gasteiger partial charge >= 0.3 is 0 Å². The van der Waals surface area contributed by atoms with Crippen molar-refractivity contribution >= 4 is 11.4 Å². The van der Waals surface area contributed by atoms with E-state index < -0.39 is 4.92 Å². The van der Waals surface area contributed by atoms with Crippen LogP contribution >= 0.6 is 0 Å². The lowest BCUT2D eigenvalue weighted by atomic mass is 9.97. The lowest BCUT2D eigenvalue weighted by molar-refractivity contribution is -0.384. The molecule has 19 heavy (non-hydrogen) atoms. The van der Waals surface area contributed by atoms with E-state index in [2.05, 4.69) is 5.32 Å². The van der Waals surface area contributed by atoms with Gasteiger partial charge in [0.15, 0.2) is 0 Å². The summed E-state index contributed by atoms with van der Waals surface area (Å²) in [5.41, 5.74) is 6.17. The Balaban J connectivity index is 2.31. The monoisotopic (exact) mass is 265 g/mol. The molecule has 0 aliphatic heterocycles. The molecule has 1 aliphatic carbocycles. The van der Waals surface area contributed by atoms with E-state index in [9.17, 15) is 10.1 Å². The second kappa shape index (κ2) is 5.44. The Kier molecular flexibility index (Phi) is 3.90. The maximum Gasteiger partial charge on any atom is 0.296 e. The van der Waals surface area contributed by atoms with Crippen LogP contribution in [0, 0.1) is 10.1 Å². The van der Waals surface area contributed by atoms with Crippen molar-refractivity contribution in [3.63, 3.8) is 0 Å². The Morgan fingerprint density at radius 2 is 2.16 bits per heavy atom. The van der Waals surface area contributed by atoms with Crippen LogP contribution < -0.4 is 15.8 Å². The molecule has 0 saturated heterocycles. The van der Waals surface area contributed by atoms with E-state index in [1.165, 1.54) is 13.2 Å². The number of hydrogen-bond acceptors (Lipinski definition) is 5. The van der Waals surface area contributed by atoms with Crippen molar-refractivity contribution in [1.29, 1.82) is 0 Å². The number of benzene rings is 1. The van der Waals surface area contributed by atoms with Gasteiger partial charge in [0.2, 0.25) is 0 Å². The summed E-state index contributed by atoms with van der Waals surface area (Å²) in [6, 6.07) is 4.84. The lowest BCUT2D eigenvalue weighted by Crippen LogP contribution is -2.42. The molecule has 0 radical (unpaired) electrons. The first kappa shape index (κ1) is 13.6. The van der Waals surface area contributed by atoms with Gasteiger partial charge in [-0.05, 0) is 25.0 Å². The molecule has 1 aromatic rings. The molecule has 1 aromatic carbocycles. The van der Waals surface area contributed by atoms with Gasteiger partial charge in [-0.25, -0.2) is 0 Å². The van der Waals surface area contributed by atoms with E-state index in [4.69, 9.17) is 10.5 Å². The van der Waals surface area contributed by atoms with Crippen LogP contribution in [0.3, 0.4) is 0 Å². The maximum absolute atomic E-state index is 11.1. The highest BCUT2D eigenvalue weighted by atomic mass is 16.6. The molecule has 1 saturated carbocycles. The molecule has 3 N–H and O–H groups in total. The standard InChI is InChI=1S/C13H19N3O3/c1-19-10-4-5-11(12(8-10)16(17)18)15-13(9-14)6-2-3-7-13/h4-5,8,15H,2-3,6-7,9,14H2,1H3. The number of ether oxygens (including phenoxy) is 1. The average Bonchev–Trinajstić information content (AvgIpc) is 2.88. The van der Waals surface area contributed by atoms with E-state index in [-0.39, 0.29) is 11.2 Å². The minimum absolute atomic E-state index is 0.0269. The molecule has 0 bridgehead atoms. The van der Waals surface area contributed by atoms with Crippen molar-refractivity contribution in [2.45, 2.75) is 31.2 Å². The molecule has 0 heterocycles. The molecule has 2 rings (SSSR count). The zero-order valence-electron chi connectivity index (χ0n) is 11.0. The Hall–Kier alpha value is -1.82. The van der Waals surface area contributed by atoms with Gasteiger partial charge in [-0.1, -0.05) is 12.8 Å². The highest BCUT2D eigenvalue weighted by Gasteiger charge is 2.34. The third kappa shape index (κ3) is 2.78. The molecular weight excluding hydrogens is 246 g/mol. The van der Waals surface area contributed by atoms with Gasteiger partial charge in [-0.2, -0.15) is 0 Å². The third-order valence-electron chi connectivity index (χ3n) is 3.75. The topological polar surface area (TPSA) is 90.4 Å². The van der Waals surface area contributed by atoms with Gasteiger partial charge in [0.25, 0.3) is 5.69 Å². The second-order valence-corrected chi connectivity index (χ2v) is 4.96. The van der Waals surface area contributed by atoms with Gasteiger partial charge in [-0.3, -0.25) is 10.1 Å². The van der Waals surface area contributed by atoms with Crippen molar-refractivity contribution < 1.29 is 9.66 Å². The minimum Gasteiger partial charge on any atom is -0.496 e. The summed E-state index contributed by atoms with van der Waals surface area (Å²) in [7, 11) is 1.49. The molecular formula is C13H19N3O3. The maximum atomic E-state index is 11.1. The van der Waals surface area contributed by atoms with Crippen molar-refractivity contribution in [3.8, 4) is 5.75 Å². The summed E-state index contributed by atoms with van der Waals surface area (Å²) in [6.45, 7) is 0.482. The highest BCUT2D eigenvalue weighted by Crippen LogP contribution is 2.36. The highest BCUT2D eigenvalue weighted by molar-refractivity contribution is 5.65. The predicted molar refractivity (Wildman–Crippen MR) is 73.5 cm³/mol. The molecule has 0 spiro atoms. The molecule has 0 unspecified atom stereocenters. The Morgan fingerprint density at radius 3 is 2.68 bits per heavy atom. The van der Waals surface area contributed by atoms with E-state index in [0.717, 1.165) is 25.7 Å². The summed E-state index contributed by atoms with van der Waals surface area (Å²) in [6.07, 6.45) is 4.11. The molecule has 6 nitrogen and oxygen atoms in total. The van der Waals surface area contributed by atoms with Crippen LogP contribution in [0.15, 0.2) is 18.2 Å². The van der Waals surface area contributed by atoms with Gasteiger partial charge < -0.3 is 15.8 Å². The van der Waals surface area contributed by atoms with Crippen molar-refractivity contribution in [1.82, 2.24) is 0 Å². The van der Waals surface area contributed by atoms with Crippen LogP contribution in [0.2, 0.25) is 0 Å². The summed E-state index contributed by atoms with van der Waals surface area (Å²) in [5.74, 6) is 0.477. The molecule has 1 fully saturated rings. The molecule has 104 valence electrons. The SMILES string of the molecule is COc1ccc(NC2(CN)CCCC2)c([N+](=O)[O-])c1. The average molecular weight is 265 g/mol. The fraction of sp³-hybridized carbons (Fsp3) is 0.538. The van der Waals surface area contributed by atoms with Crippen LogP contribution in [0.5, 0.6) is 5.75 Å². The lowest BCUT2D eigenvalue weighted by Gasteiger charge is -2.29. The first-order chi connectivity index (χ1) is 9.10. The Bertz CT molecular complexity index is 470. The van der Waals surface area contributed by atoms with Gasteiger partial charge in [-0.15, -0.1) is 0 Å². The van der Waals surface area contributed by atoms with Crippen LogP contribution in [0.1, 0.15) is 25.7 Å². The Morgan fingerprint density at radius 1 is 1.47 bits per heavy atom. The summed E-state index contributed by atoms with van der Waals surface area (Å²) >= 11 is 0. The van der Waals surface area contributed by atoms with Crippen molar-refractivity contribution in [2.75, 3.05) is 19.0 Å². The number of nitro benzene ring substituents is 1. The number of anilines is 1. The second-order valence-electron chi connectivity index (χ2n) is 4.96. The van der Waals surface area contributed by atoms with E-state index >= 15 is 0 Å². The number of nitrogens with zero attached hydrogens (tertiary/aromatic N) is 1. The van der Waals surface area contributed by atoms with Crippen molar-refractivity contribution in [2.24, 2.45) is 5.73 Å². The number of nitrogens with one attached hydrogen (secondary N) is 1. The van der Waals surface area contributed by atoms with Crippen molar-refractivity contribution in [3.05, 3.63) is 28.3 Å². The van der Waals surface area contributed by atoms with E-state index in [1.54, 1.807) is 12.1 Å². The fourth-order valence-electron chi connectivity index (χ4n) is 2.61. The van der Waals surface area contributed by atoms with Gasteiger partial charge in [0.1, 0.15) is 11.4 Å². The van der Waals surface area contributed by atoms with Gasteiger partial charge in [0.05, 0.1) is 18.1 Å². The molecule has 1 aliphatic rings. The molecule has 0 amide bonds. The largest absolute Gasteiger partial charge is 0.496 e. The number of nitrogens with two attached hydrogens (primary N) is 1. The van der Waals surface area contributed by atoms with E-state index in [1.807, 2.05) is 0 Å². The molecule has 6 heteroatoms. The molecule has 0 aromatic heterocycles. The first-order valence-electron chi connectivity index (χ1n) is 6.41. The van der Waals surface area contributed by atoms with Crippen LogP contribution in [-0.4, -0.2) is 24.1 Å². The predicted octanol–water partition coefficient (Wildman–Crippen LogP) is 2.29. The summed E-state index contributed by atoms with van der Waals surface area (Å²) in [4.78, 5) is 10.7. The summed E-state index contributed by atoms with van der Waals surface area (Å²) < 4.78 is 5.02. The minimum atomic E-state index is -0.399. The third-order valence-corrected chi connectivity index (χ3v) is 3.75. The number of methoxy groups -OCH3 is 1. The van der Waals surface area contributed by atoms with Gasteiger partial charge in [0, 0.05) is 12.1 Å². The quantitative estimate of drug-likeness (QED) is 0.629. The summed E-state index contributed by atoms with van der Waals surface area (Å²) in [5, 5.41) is 14.4. The normalized spacial score (nSPS) is 17.2. The number of rotatable bonds is 5. The number of hydrogen-bond donors (Lipinski definition) is 2. The molecule has 0 atom stereocenters. The smallest absolute Gasteiger partial charge is 0.296 e. The first-order valence-corrected chi connectivity index (χ1v) is 6.41. The van der Waals surface area contributed by atoms with Crippen LogP contribution in [0.25, 0.3) is 0 Å². The van der Waals surface area contributed by atoms with E-state index in [0.29, 0.717) is 18.0 Å². The zero-order chi connectivity index (χ0) is 13.9. The zero-order valence-corrected chi connectivity index (χ0v) is 11.0. The van der Waals surface area contributed by atoms with Crippen LogP contribution in [0.4, 0.5) is 11.4 Å². The van der Waals surface area contributed by atoms with Crippen LogP contribution in [-0.2, 0) is 0 Å². The fourth-order valence-corrected chi connectivity index (χ4v) is 2.61. The Labute approximate surface area is 112 Å². The number of nitro groups is 1.